The predicted molar refractivity (Wildman–Crippen MR) is 184 cm³/mol. The van der Waals surface area contributed by atoms with Gasteiger partial charge in [0, 0.05) is 33.5 Å². The van der Waals surface area contributed by atoms with E-state index in [2.05, 4.69) is 85.6 Å². The van der Waals surface area contributed by atoms with Gasteiger partial charge in [-0.3, -0.25) is 4.98 Å². The fourth-order valence-electron chi connectivity index (χ4n) is 6.77. The molecule has 5 heteroatoms. The smallest absolute Gasteiger partial charge is 0.182 e. The van der Waals surface area contributed by atoms with Gasteiger partial charge >= 0.3 is 0 Å². The van der Waals surface area contributed by atoms with Crippen molar-refractivity contribution in [1.82, 2.24) is 19.9 Å². The van der Waals surface area contributed by atoms with Gasteiger partial charge in [0.1, 0.15) is 16.9 Å². The summed E-state index contributed by atoms with van der Waals surface area (Å²) in [5.41, 5.74) is 11.8. The molecule has 0 atom stereocenters. The summed E-state index contributed by atoms with van der Waals surface area (Å²) in [6, 6.07) is 43.9. The summed E-state index contributed by atoms with van der Waals surface area (Å²) < 4.78 is 6.26. The van der Waals surface area contributed by atoms with Crippen LogP contribution < -0.4 is 0 Å². The minimum atomic E-state index is -0.158. The van der Waals surface area contributed by atoms with Crippen LogP contribution in [0.5, 0.6) is 0 Å². The number of para-hydroxylation sites is 1. The minimum absolute atomic E-state index is 0.158. The molecule has 0 amide bonds. The second kappa shape index (κ2) is 10.0. The topological polar surface area (TPSA) is 64.7 Å². The lowest BCUT2D eigenvalue weighted by Crippen LogP contribution is -2.15. The molecule has 0 bridgehead atoms. The van der Waals surface area contributed by atoms with Gasteiger partial charge < -0.3 is 4.42 Å². The molecular weight excluding hydrogens is 564 g/mol. The second-order valence-corrected chi connectivity index (χ2v) is 12.3. The number of pyridine rings is 1. The van der Waals surface area contributed by atoms with E-state index in [-0.39, 0.29) is 5.41 Å². The van der Waals surface area contributed by atoms with Crippen LogP contribution >= 0.6 is 0 Å². The summed E-state index contributed by atoms with van der Waals surface area (Å²) in [5.74, 6) is 1.79. The van der Waals surface area contributed by atoms with Crippen molar-refractivity contribution < 1.29 is 4.42 Å². The van der Waals surface area contributed by atoms with Gasteiger partial charge in [0.05, 0.1) is 0 Å². The lowest BCUT2D eigenvalue weighted by Gasteiger charge is -2.22. The lowest BCUT2D eigenvalue weighted by atomic mass is 9.81. The molecule has 0 N–H and O–H groups in total. The molecule has 1 aliphatic carbocycles. The standard InChI is InChI=1S/C41H28N4O/c1-41(2)33-22-28(19-20-29(33)31-23-32-30-12-6-7-14-36(30)46-37(32)24-34(31)41)25-15-17-27(18-16-25)39-43-38(26-10-4-3-5-11-26)44-40(45-39)35-13-8-9-21-42-35/h3-24H,1-2H3. The zero-order valence-corrected chi connectivity index (χ0v) is 25.4. The average Bonchev–Trinajstić information content (AvgIpc) is 3.59. The van der Waals surface area contributed by atoms with Crippen LogP contribution in [0.25, 0.3) is 78.5 Å². The first-order valence-corrected chi connectivity index (χ1v) is 15.5. The van der Waals surface area contributed by atoms with Crippen LogP contribution in [0.1, 0.15) is 25.0 Å². The van der Waals surface area contributed by atoms with E-state index in [4.69, 9.17) is 19.4 Å². The molecule has 1 aliphatic rings. The Balaban J connectivity index is 1.10. The molecule has 218 valence electrons. The van der Waals surface area contributed by atoms with Crippen LogP contribution in [0.2, 0.25) is 0 Å². The summed E-state index contributed by atoms with van der Waals surface area (Å²) in [7, 11) is 0. The monoisotopic (exact) mass is 592 g/mol. The fraction of sp³-hybridized carbons (Fsp3) is 0.0732. The molecule has 3 aromatic heterocycles. The zero-order valence-electron chi connectivity index (χ0n) is 25.4. The second-order valence-electron chi connectivity index (χ2n) is 12.3. The van der Waals surface area contributed by atoms with Crippen molar-refractivity contribution in [2.75, 3.05) is 0 Å². The lowest BCUT2D eigenvalue weighted by molar-refractivity contribution is 0.647. The summed E-state index contributed by atoms with van der Waals surface area (Å²) in [6.07, 6.45) is 1.76. The van der Waals surface area contributed by atoms with Crippen LogP contribution in [0.15, 0.2) is 138 Å². The SMILES string of the molecule is CC1(C)c2cc(-c3ccc(-c4nc(-c5ccccc5)nc(-c5ccccn5)n4)cc3)ccc2-c2cc3c(cc21)oc1ccccc13. The highest BCUT2D eigenvalue weighted by Crippen LogP contribution is 2.51. The summed E-state index contributed by atoms with van der Waals surface area (Å²) in [4.78, 5) is 19.0. The quantitative estimate of drug-likeness (QED) is 0.203. The van der Waals surface area contributed by atoms with E-state index in [0.717, 1.165) is 38.6 Å². The Labute approximate surface area is 266 Å². The number of rotatable bonds is 4. The summed E-state index contributed by atoms with van der Waals surface area (Å²) >= 11 is 0. The zero-order chi connectivity index (χ0) is 30.8. The van der Waals surface area contributed by atoms with Gasteiger partial charge in [-0.1, -0.05) is 105 Å². The van der Waals surface area contributed by atoms with E-state index in [9.17, 15) is 0 Å². The molecule has 0 saturated heterocycles. The molecule has 0 spiro atoms. The van der Waals surface area contributed by atoms with Gasteiger partial charge in [-0.05, 0) is 69.8 Å². The van der Waals surface area contributed by atoms with Gasteiger partial charge in [0.25, 0.3) is 0 Å². The van der Waals surface area contributed by atoms with Crippen molar-refractivity contribution in [2.45, 2.75) is 19.3 Å². The van der Waals surface area contributed by atoms with Gasteiger partial charge in [-0.2, -0.15) is 0 Å². The third-order valence-corrected chi connectivity index (χ3v) is 9.21. The normalized spacial score (nSPS) is 13.2. The number of fused-ring (bicyclic) bond motifs is 6. The molecule has 5 aromatic carbocycles. The molecule has 0 radical (unpaired) electrons. The van der Waals surface area contributed by atoms with Crippen molar-refractivity contribution in [3.63, 3.8) is 0 Å². The molecule has 3 heterocycles. The molecule has 8 aromatic rings. The molecule has 46 heavy (non-hydrogen) atoms. The van der Waals surface area contributed by atoms with Crippen molar-refractivity contribution in [3.05, 3.63) is 145 Å². The Hall–Kier alpha value is -5.94. The van der Waals surface area contributed by atoms with Crippen molar-refractivity contribution in [1.29, 1.82) is 0 Å². The summed E-state index contributed by atoms with van der Waals surface area (Å²) in [6.45, 7) is 4.62. The summed E-state index contributed by atoms with van der Waals surface area (Å²) in [5, 5.41) is 2.32. The number of furan rings is 1. The Morgan fingerprint density at radius 2 is 1.13 bits per heavy atom. The number of aromatic nitrogens is 4. The Kier molecular flexibility index (Phi) is 5.78. The maximum absolute atomic E-state index is 6.26. The predicted octanol–water partition coefficient (Wildman–Crippen LogP) is 10.1. The van der Waals surface area contributed by atoms with Gasteiger partial charge in [0.2, 0.25) is 0 Å². The van der Waals surface area contributed by atoms with E-state index in [1.165, 1.54) is 27.8 Å². The number of nitrogens with zero attached hydrogens (tertiary/aromatic N) is 4. The Morgan fingerprint density at radius 3 is 1.91 bits per heavy atom. The third-order valence-electron chi connectivity index (χ3n) is 9.21. The van der Waals surface area contributed by atoms with Gasteiger partial charge in [0.15, 0.2) is 17.5 Å². The van der Waals surface area contributed by atoms with Crippen LogP contribution in [0, 0.1) is 0 Å². The molecule has 0 unspecified atom stereocenters. The molecule has 9 rings (SSSR count). The van der Waals surface area contributed by atoms with Crippen molar-refractivity contribution in [2.24, 2.45) is 0 Å². The number of benzene rings is 5. The van der Waals surface area contributed by atoms with Crippen molar-refractivity contribution >= 4 is 21.9 Å². The van der Waals surface area contributed by atoms with E-state index in [1.54, 1.807) is 6.20 Å². The first-order valence-electron chi connectivity index (χ1n) is 15.5. The van der Waals surface area contributed by atoms with E-state index >= 15 is 0 Å². The highest BCUT2D eigenvalue weighted by Gasteiger charge is 2.36. The molecule has 0 saturated carbocycles. The van der Waals surface area contributed by atoms with Crippen LogP contribution in [-0.4, -0.2) is 19.9 Å². The molecular formula is C41H28N4O. The maximum Gasteiger partial charge on any atom is 0.182 e. The number of hydrogen-bond acceptors (Lipinski definition) is 5. The largest absolute Gasteiger partial charge is 0.456 e. The van der Waals surface area contributed by atoms with E-state index in [1.807, 2.05) is 60.7 Å². The first-order chi connectivity index (χ1) is 22.5. The minimum Gasteiger partial charge on any atom is -0.456 e. The van der Waals surface area contributed by atoms with E-state index < -0.39 is 0 Å². The number of hydrogen-bond donors (Lipinski definition) is 0. The fourth-order valence-corrected chi connectivity index (χ4v) is 6.77. The highest BCUT2D eigenvalue weighted by atomic mass is 16.3. The average molecular weight is 593 g/mol. The molecule has 5 nitrogen and oxygen atoms in total. The first kappa shape index (κ1) is 26.5. The van der Waals surface area contributed by atoms with E-state index in [0.29, 0.717) is 23.2 Å². The maximum atomic E-state index is 6.26. The molecule has 0 aliphatic heterocycles. The molecule has 0 fully saturated rings. The van der Waals surface area contributed by atoms with Gasteiger partial charge in [-0.25, -0.2) is 15.0 Å². The van der Waals surface area contributed by atoms with Crippen molar-refractivity contribution in [3.8, 4) is 56.5 Å². The third kappa shape index (κ3) is 4.16. The van der Waals surface area contributed by atoms with Gasteiger partial charge in [-0.15, -0.1) is 0 Å². The van der Waals surface area contributed by atoms with Crippen LogP contribution in [0.3, 0.4) is 0 Å². The Bertz CT molecular complexity index is 2370. The Morgan fingerprint density at radius 1 is 0.478 bits per heavy atom. The van der Waals surface area contributed by atoms with Crippen LogP contribution in [0.4, 0.5) is 0 Å². The highest BCUT2D eigenvalue weighted by molar-refractivity contribution is 6.07. The van der Waals surface area contributed by atoms with Crippen LogP contribution in [-0.2, 0) is 5.41 Å².